The van der Waals surface area contributed by atoms with Crippen molar-refractivity contribution in [1.29, 1.82) is 0 Å². The lowest BCUT2D eigenvalue weighted by atomic mass is 10.1. The first-order chi connectivity index (χ1) is 9.40. The lowest BCUT2D eigenvalue weighted by Gasteiger charge is -2.10. The molecule has 2 rings (SSSR count). The topological polar surface area (TPSA) is 77.2 Å². The standard InChI is InChI=1S/C14H15N3O3/c1-9-5-4-6-12(10(9)2)15-14(18)13-7-11(17(19)20)8-16(13)3/h4-8H,1-3H3,(H,15,18). The maximum atomic E-state index is 12.2. The normalized spacial score (nSPS) is 10.3. The summed E-state index contributed by atoms with van der Waals surface area (Å²) >= 11 is 0. The van der Waals surface area contributed by atoms with Crippen molar-refractivity contribution in [2.75, 3.05) is 5.32 Å². The van der Waals surface area contributed by atoms with Crippen LogP contribution in [0.15, 0.2) is 30.5 Å². The number of anilines is 1. The molecule has 0 radical (unpaired) electrons. The van der Waals surface area contributed by atoms with Gasteiger partial charge in [0.1, 0.15) is 5.69 Å². The predicted octanol–water partition coefficient (Wildman–Crippen LogP) is 2.80. The van der Waals surface area contributed by atoms with Crippen LogP contribution in [0.1, 0.15) is 21.6 Å². The van der Waals surface area contributed by atoms with E-state index < -0.39 is 4.92 Å². The van der Waals surface area contributed by atoms with Crippen LogP contribution in [-0.4, -0.2) is 15.4 Å². The number of aryl methyl sites for hydroxylation is 2. The Bertz CT molecular complexity index is 689. The zero-order valence-electron chi connectivity index (χ0n) is 11.5. The van der Waals surface area contributed by atoms with Crippen molar-refractivity contribution in [1.82, 2.24) is 4.57 Å². The number of nitro groups is 1. The molecule has 0 aliphatic heterocycles. The van der Waals surface area contributed by atoms with E-state index in [1.54, 1.807) is 13.1 Å². The maximum Gasteiger partial charge on any atom is 0.287 e. The Hall–Kier alpha value is -2.63. The van der Waals surface area contributed by atoms with Crippen LogP contribution in [0.25, 0.3) is 0 Å². The summed E-state index contributed by atoms with van der Waals surface area (Å²) in [5.41, 5.74) is 2.90. The van der Waals surface area contributed by atoms with Crippen LogP contribution in [0.5, 0.6) is 0 Å². The van der Waals surface area contributed by atoms with E-state index >= 15 is 0 Å². The molecule has 1 aromatic heterocycles. The van der Waals surface area contributed by atoms with E-state index in [0.29, 0.717) is 5.69 Å². The fourth-order valence-corrected chi connectivity index (χ4v) is 1.95. The van der Waals surface area contributed by atoms with Crippen molar-refractivity contribution < 1.29 is 9.72 Å². The number of carbonyl (C=O) groups is 1. The zero-order valence-corrected chi connectivity index (χ0v) is 11.5. The molecule has 20 heavy (non-hydrogen) atoms. The van der Waals surface area contributed by atoms with Crippen LogP contribution in [0.2, 0.25) is 0 Å². The minimum Gasteiger partial charge on any atom is -0.340 e. The van der Waals surface area contributed by atoms with Gasteiger partial charge in [0.25, 0.3) is 11.6 Å². The average molecular weight is 273 g/mol. The van der Waals surface area contributed by atoms with Crippen molar-refractivity contribution >= 4 is 17.3 Å². The van der Waals surface area contributed by atoms with Crippen LogP contribution in [-0.2, 0) is 7.05 Å². The highest BCUT2D eigenvalue weighted by atomic mass is 16.6. The third kappa shape index (κ3) is 2.54. The van der Waals surface area contributed by atoms with Crippen LogP contribution in [0.3, 0.4) is 0 Å². The van der Waals surface area contributed by atoms with Gasteiger partial charge in [0, 0.05) is 18.8 Å². The summed E-state index contributed by atoms with van der Waals surface area (Å²) in [7, 11) is 1.60. The second-order valence-electron chi connectivity index (χ2n) is 4.65. The van der Waals surface area contributed by atoms with E-state index in [4.69, 9.17) is 0 Å². The fraction of sp³-hybridized carbons (Fsp3) is 0.214. The van der Waals surface area contributed by atoms with E-state index in [9.17, 15) is 14.9 Å². The molecule has 0 fully saturated rings. The molecule has 1 amide bonds. The molecule has 2 aromatic rings. The molecule has 0 saturated carbocycles. The number of aromatic nitrogens is 1. The monoisotopic (exact) mass is 273 g/mol. The first-order valence-electron chi connectivity index (χ1n) is 6.08. The smallest absolute Gasteiger partial charge is 0.287 e. The van der Waals surface area contributed by atoms with Gasteiger partial charge in [0.15, 0.2) is 0 Å². The highest BCUT2D eigenvalue weighted by molar-refractivity contribution is 6.04. The van der Waals surface area contributed by atoms with Gasteiger partial charge < -0.3 is 9.88 Å². The van der Waals surface area contributed by atoms with Crippen molar-refractivity contribution in [3.8, 4) is 0 Å². The van der Waals surface area contributed by atoms with Gasteiger partial charge in [-0.05, 0) is 31.0 Å². The van der Waals surface area contributed by atoms with Gasteiger partial charge in [-0.25, -0.2) is 0 Å². The molecule has 0 spiro atoms. The average Bonchev–Trinajstić information content (AvgIpc) is 2.77. The lowest BCUT2D eigenvalue weighted by Crippen LogP contribution is -2.16. The van der Waals surface area contributed by atoms with Gasteiger partial charge in [-0.2, -0.15) is 0 Å². The Kier molecular flexibility index (Phi) is 3.56. The number of hydrogen-bond donors (Lipinski definition) is 1. The van der Waals surface area contributed by atoms with E-state index in [0.717, 1.165) is 11.1 Å². The van der Waals surface area contributed by atoms with Crippen LogP contribution < -0.4 is 5.32 Å². The number of rotatable bonds is 3. The summed E-state index contributed by atoms with van der Waals surface area (Å²) in [6, 6.07) is 6.88. The highest BCUT2D eigenvalue weighted by Crippen LogP contribution is 2.20. The first-order valence-corrected chi connectivity index (χ1v) is 6.08. The van der Waals surface area contributed by atoms with Crippen LogP contribution in [0.4, 0.5) is 11.4 Å². The summed E-state index contributed by atoms with van der Waals surface area (Å²) in [6.07, 6.45) is 1.32. The minimum atomic E-state index is -0.519. The Morgan fingerprint density at radius 3 is 2.65 bits per heavy atom. The van der Waals surface area contributed by atoms with E-state index in [-0.39, 0.29) is 17.3 Å². The molecule has 0 atom stereocenters. The number of nitrogens with one attached hydrogen (secondary N) is 1. The molecule has 0 unspecified atom stereocenters. The van der Waals surface area contributed by atoms with Crippen molar-refractivity contribution in [3.63, 3.8) is 0 Å². The molecule has 1 aromatic carbocycles. The van der Waals surface area contributed by atoms with Gasteiger partial charge in [-0.1, -0.05) is 12.1 Å². The van der Waals surface area contributed by atoms with E-state index in [1.807, 2.05) is 26.0 Å². The molecule has 0 aliphatic carbocycles. The molecule has 0 aliphatic rings. The number of carbonyl (C=O) groups excluding carboxylic acids is 1. The highest BCUT2D eigenvalue weighted by Gasteiger charge is 2.18. The van der Waals surface area contributed by atoms with Gasteiger partial charge in [0.05, 0.1) is 11.1 Å². The predicted molar refractivity (Wildman–Crippen MR) is 75.9 cm³/mol. The molecule has 6 heteroatoms. The molecule has 0 bridgehead atoms. The Morgan fingerprint density at radius 1 is 1.35 bits per heavy atom. The van der Waals surface area contributed by atoms with Crippen LogP contribution >= 0.6 is 0 Å². The number of benzene rings is 1. The molecular formula is C14H15N3O3. The van der Waals surface area contributed by atoms with Gasteiger partial charge in [-0.3, -0.25) is 14.9 Å². The van der Waals surface area contributed by atoms with Crippen molar-refractivity contribution in [2.45, 2.75) is 13.8 Å². The SMILES string of the molecule is Cc1cccc(NC(=O)c2cc([N+](=O)[O-])cn2C)c1C. The molecule has 1 N–H and O–H groups in total. The molecule has 0 saturated heterocycles. The van der Waals surface area contributed by atoms with Gasteiger partial charge >= 0.3 is 0 Å². The largest absolute Gasteiger partial charge is 0.340 e. The lowest BCUT2D eigenvalue weighted by molar-refractivity contribution is -0.384. The van der Waals surface area contributed by atoms with E-state index in [2.05, 4.69) is 5.32 Å². The Balaban J connectivity index is 2.28. The summed E-state index contributed by atoms with van der Waals surface area (Å²) in [5, 5.41) is 13.5. The fourth-order valence-electron chi connectivity index (χ4n) is 1.95. The second-order valence-corrected chi connectivity index (χ2v) is 4.65. The molecular weight excluding hydrogens is 258 g/mol. The second kappa shape index (κ2) is 5.16. The first kappa shape index (κ1) is 13.8. The summed E-state index contributed by atoms with van der Waals surface area (Å²) in [5.74, 6) is -0.366. The van der Waals surface area contributed by atoms with Crippen molar-refractivity contribution in [3.05, 3.63) is 57.4 Å². The molecule has 104 valence electrons. The van der Waals surface area contributed by atoms with E-state index in [1.165, 1.54) is 16.8 Å². The quantitative estimate of drug-likeness (QED) is 0.690. The zero-order chi connectivity index (χ0) is 14.9. The number of nitrogens with zero attached hydrogens (tertiary/aromatic N) is 2. The summed E-state index contributed by atoms with van der Waals surface area (Å²) in [6.45, 7) is 3.87. The maximum absolute atomic E-state index is 12.2. The third-order valence-corrected chi connectivity index (χ3v) is 3.29. The van der Waals surface area contributed by atoms with Gasteiger partial charge in [0.2, 0.25) is 0 Å². The Morgan fingerprint density at radius 2 is 2.05 bits per heavy atom. The summed E-state index contributed by atoms with van der Waals surface area (Å²) in [4.78, 5) is 22.4. The van der Waals surface area contributed by atoms with Crippen LogP contribution in [0, 0.1) is 24.0 Å². The third-order valence-electron chi connectivity index (χ3n) is 3.29. The Labute approximate surface area is 116 Å². The molecule has 1 heterocycles. The molecule has 6 nitrogen and oxygen atoms in total. The minimum absolute atomic E-state index is 0.0985. The van der Waals surface area contributed by atoms with Crippen molar-refractivity contribution in [2.24, 2.45) is 7.05 Å². The summed E-state index contributed by atoms with van der Waals surface area (Å²) < 4.78 is 1.44. The number of hydrogen-bond acceptors (Lipinski definition) is 3. The van der Waals surface area contributed by atoms with Gasteiger partial charge in [-0.15, -0.1) is 0 Å². The number of amides is 1.